The maximum Gasteiger partial charge on any atom is 0.433 e. The van der Waals surface area contributed by atoms with Gasteiger partial charge in [0.15, 0.2) is 5.96 Å². The molecule has 0 aliphatic carbocycles. The summed E-state index contributed by atoms with van der Waals surface area (Å²) in [7, 11) is 0. The lowest BCUT2D eigenvalue weighted by molar-refractivity contribution is -0.141. The number of amides is 2. The van der Waals surface area contributed by atoms with Gasteiger partial charge in [-0.05, 0) is 44.9 Å². The minimum absolute atomic E-state index is 0. The molecule has 4 rings (SSSR count). The third-order valence-corrected chi connectivity index (χ3v) is 6.75. The van der Waals surface area contributed by atoms with Crippen molar-refractivity contribution in [1.82, 2.24) is 9.88 Å². The number of rotatable bonds is 4. The lowest BCUT2D eigenvalue weighted by atomic mass is 9.86. The highest BCUT2D eigenvalue weighted by atomic mass is 35.5. The van der Waals surface area contributed by atoms with E-state index in [0.717, 1.165) is 18.3 Å². The molecule has 1 fully saturated rings. The van der Waals surface area contributed by atoms with E-state index in [-0.39, 0.29) is 59.1 Å². The number of aliphatic imine (C=N–C) groups is 1. The second-order valence-electron chi connectivity index (χ2n) is 9.10. The first-order chi connectivity index (χ1) is 16.9. The van der Waals surface area contributed by atoms with Crippen molar-refractivity contribution in [1.29, 1.82) is 0 Å². The van der Waals surface area contributed by atoms with Gasteiger partial charge < -0.3 is 15.8 Å². The van der Waals surface area contributed by atoms with Crippen LogP contribution in [0.5, 0.6) is 0 Å². The molecule has 3 atom stereocenters. The van der Waals surface area contributed by atoms with Crippen LogP contribution in [0.25, 0.3) is 0 Å². The van der Waals surface area contributed by atoms with Crippen molar-refractivity contribution in [3.05, 3.63) is 58.4 Å². The van der Waals surface area contributed by atoms with Gasteiger partial charge in [0, 0.05) is 24.4 Å². The molecule has 37 heavy (non-hydrogen) atoms. The highest BCUT2D eigenvalue weighted by molar-refractivity contribution is 6.35. The molecule has 13 heteroatoms. The number of aromatic nitrogens is 1. The Morgan fingerprint density at radius 1 is 1.30 bits per heavy atom. The Balaban J connectivity index is 0.00000380. The van der Waals surface area contributed by atoms with Crippen molar-refractivity contribution in [3.63, 3.8) is 0 Å². The van der Waals surface area contributed by atoms with Crippen molar-refractivity contribution in [2.45, 2.75) is 57.0 Å². The number of halogens is 5. The van der Waals surface area contributed by atoms with Gasteiger partial charge in [-0.1, -0.05) is 23.7 Å². The fourth-order valence-corrected chi connectivity index (χ4v) is 4.92. The van der Waals surface area contributed by atoms with Crippen molar-refractivity contribution >= 4 is 47.5 Å². The average molecular weight is 560 g/mol. The second kappa shape index (κ2) is 10.8. The third-order valence-electron chi connectivity index (χ3n) is 6.34. The van der Waals surface area contributed by atoms with Gasteiger partial charge in [-0.2, -0.15) is 13.2 Å². The quantitative estimate of drug-likeness (QED) is 0.561. The number of guanidine groups is 1. The largest absolute Gasteiger partial charge is 0.433 e. The van der Waals surface area contributed by atoms with Gasteiger partial charge in [-0.15, -0.1) is 12.4 Å². The Labute approximate surface area is 222 Å². The zero-order valence-corrected chi connectivity index (χ0v) is 21.6. The number of carbonyl (C=O) groups is 2. The van der Waals surface area contributed by atoms with Gasteiger partial charge in [0.1, 0.15) is 5.69 Å². The molecule has 2 aliphatic rings. The Bertz CT molecular complexity index is 1210. The molecule has 3 N–H and O–H groups in total. The van der Waals surface area contributed by atoms with E-state index in [0.29, 0.717) is 25.0 Å². The van der Waals surface area contributed by atoms with E-state index >= 15 is 0 Å². The van der Waals surface area contributed by atoms with Gasteiger partial charge in [0.2, 0.25) is 5.91 Å². The van der Waals surface area contributed by atoms with Gasteiger partial charge in [-0.3, -0.25) is 19.5 Å². The highest BCUT2D eigenvalue weighted by Gasteiger charge is 2.42. The molecule has 1 saturated heterocycles. The van der Waals surface area contributed by atoms with Crippen molar-refractivity contribution in [2.24, 2.45) is 10.7 Å². The topological polar surface area (TPSA) is 110 Å². The molecule has 200 valence electrons. The standard InChI is InChI=1S/C24H25ClF3N5O3.ClH/c1-13-10-15(8-9-36-13)33-19(34)11-23(2,32-22(33)29)16-4-3-5-17(20(16)25)31-21(35)14-6-7-18(30-12-14)24(26,27)28;/h3-7,12-13,15H,8-11H2,1-2H3,(H2,29,32)(H,31,35);1H/t13-,15-,23+;/m1./s1. The maximum absolute atomic E-state index is 13.2. The van der Waals surface area contributed by atoms with E-state index in [4.69, 9.17) is 22.1 Å². The van der Waals surface area contributed by atoms with Crippen LogP contribution in [0.2, 0.25) is 5.02 Å². The number of pyridine rings is 1. The minimum Gasteiger partial charge on any atom is -0.378 e. The van der Waals surface area contributed by atoms with Crippen LogP contribution in [-0.4, -0.2) is 46.4 Å². The Morgan fingerprint density at radius 3 is 2.62 bits per heavy atom. The molecular weight excluding hydrogens is 534 g/mol. The van der Waals surface area contributed by atoms with Crippen LogP contribution in [0.4, 0.5) is 18.9 Å². The molecule has 2 aromatic rings. The van der Waals surface area contributed by atoms with E-state index in [2.05, 4.69) is 15.3 Å². The van der Waals surface area contributed by atoms with Gasteiger partial charge in [0.25, 0.3) is 5.91 Å². The monoisotopic (exact) mass is 559 g/mol. The van der Waals surface area contributed by atoms with Gasteiger partial charge >= 0.3 is 6.18 Å². The first kappa shape index (κ1) is 28.7. The van der Waals surface area contributed by atoms with Crippen molar-refractivity contribution in [2.75, 3.05) is 11.9 Å². The number of carbonyl (C=O) groups excluding carboxylic acids is 2. The molecule has 0 radical (unpaired) electrons. The predicted molar refractivity (Wildman–Crippen MR) is 135 cm³/mol. The van der Waals surface area contributed by atoms with Crippen LogP contribution in [0.15, 0.2) is 41.5 Å². The van der Waals surface area contributed by atoms with E-state index in [1.165, 1.54) is 11.0 Å². The zero-order chi connectivity index (χ0) is 26.3. The summed E-state index contributed by atoms with van der Waals surface area (Å²) in [6.07, 6.45) is -2.44. The van der Waals surface area contributed by atoms with Gasteiger partial charge in [0.05, 0.1) is 34.3 Å². The molecular formula is C24H26Cl2F3N5O3. The predicted octanol–water partition coefficient (Wildman–Crippen LogP) is 4.76. The minimum atomic E-state index is -4.61. The number of hydrogen-bond acceptors (Lipinski definition) is 6. The van der Waals surface area contributed by atoms with Crippen LogP contribution in [0.3, 0.4) is 0 Å². The average Bonchev–Trinajstić information content (AvgIpc) is 2.79. The van der Waals surface area contributed by atoms with Crippen LogP contribution < -0.4 is 11.1 Å². The smallest absolute Gasteiger partial charge is 0.378 e. The molecule has 1 aromatic carbocycles. The number of nitrogens with two attached hydrogens (primary N) is 1. The number of hydrogen-bond donors (Lipinski definition) is 2. The molecule has 0 bridgehead atoms. The number of anilines is 1. The van der Waals surface area contributed by atoms with E-state index in [1.807, 2.05) is 6.92 Å². The number of ether oxygens (including phenoxy) is 1. The molecule has 0 unspecified atom stereocenters. The number of nitrogens with one attached hydrogen (secondary N) is 1. The molecule has 2 amide bonds. The fraction of sp³-hybridized carbons (Fsp3) is 0.417. The summed E-state index contributed by atoms with van der Waals surface area (Å²) in [4.78, 5) is 35.3. The summed E-state index contributed by atoms with van der Waals surface area (Å²) in [6, 6.07) is 6.51. The Morgan fingerprint density at radius 2 is 2.03 bits per heavy atom. The van der Waals surface area contributed by atoms with E-state index in [1.54, 1.807) is 19.1 Å². The van der Waals surface area contributed by atoms with Gasteiger partial charge in [-0.25, -0.2) is 4.99 Å². The zero-order valence-electron chi connectivity index (χ0n) is 20.0. The number of alkyl halides is 3. The molecule has 3 heterocycles. The Hall–Kier alpha value is -2.89. The molecule has 8 nitrogen and oxygen atoms in total. The first-order valence-electron chi connectivity index (χ1n) is 11.3. The summed E-state index contributed by atoms with van der Waals surface area (Å²) >= 11 is 6.62. The summed E-state index contributed by atoms with van der Waals surface area (Å²) in [6.45, 7) is 4.20. The molecule has 0 saturated carbocycles. The summed E-state index contributed by atoms with van der Waals surface area (Å²) in [5.41, 5.74) is 4.69. The highest BCUT2D eigenvalue weighted by Crippen LogP contribution is 2.41. The summed E-state index contributed by atoms with van der Waals surface area (Å²) in [5, 5.41) is 2.73. The van der Waals surface area contributed by atoms with E-state index < -0.39 is 23.3 Å². The number of benzene rings is 1. The lowest BCUT2D eigenvalue weighted by Crippen LogP contribution is -2.56. The van der Waals surface area contributed by atoms with Crippen LogP contribution in [-0.2, 0) is 21.2 Å². The first-order valence-corrected chi connectivity index (χ1v) is 11.7. The molecule has 2 aliphatic heterocycles. The molecule has 0 spiro atoms. The molecule has 1 aromatic heterocycles. The summed E-state index contributed by atoms with van der Waals surface area (Å²) < 4.78 is 43.8. The van der Waals surface area contributed by atoms with Crippen molar-refractivity contribution < 1.29 is 27.5 Å². The lowest BCUT2D eigenvalue weighted by Gasteiger charge is -2.41. The van der Waals surface area contributed by atoms with Crippen LogP contribution in [0, 0.1) is 0 Å². The SMILES string of the molecule is C[C@@H]1C[C@H](N2C(=O)C[C@@](C)(c3cccc(NC(=O)c4ccc(C(F)(F)F)nc4)c3Cl)N=C2N)CCO1.Cl. The maximum atomic E-state index is 13.2. The third kappa shape index (κ3) is 6.00. The normalized spacial score (nSPS) is 24.2. The van der Waals surface area contributed by atoms with Crippen LogP contribution in [0.1, 0.15) is 54.7 Å². The number of nitrogens with zero attached hydrogens (tertiary/aromatic N) is 3. The Kier molecular flexibility index (Phi) is 8.40. The second-order valence-corrected chi connectivity index (χ2v) is 9.47. The fourth-order valence-electron chi connectivity index (χ4n) is 4.54. The summed E-state index contributed by atoms with van der Waals surface area (Å²) in [5.74, 6) is -0.789. The van der Waals surface area contributed by atoms with Crippen LogP contribution >= 0.6 is 24.0 Å². The van der Waals surface area contributed by atoms with Crippen molar-refractivity contribution in [3.8, 4) is 0 Å². The van der Waals surface area contributed by atoms with E-state index in [9.17, 15) is 22.8 Å².